The molecule has 0 aromatic heterocycles. The molecule has 1 N–H and O–H groups in total. The van der Waals surface area contributed by atoms with E-state index in [9.17, 15) is 5.16 Å². The summed E-state index contributed by atoms with van der Waals surface area (Å²) in [4.78, 5) is 0. The van der Waals surface area contributed by atoms with E-state index in [1.54, 1.807) is 21.3 Å². The molecule has 0 saturated carbocycles. The van der Waals surface area contributed by atoms with Crippen molar-refractivity contribution in [2.45, 2.75) is 0 Å². The second-order valence-corrected chi connectivity index (χ2v) is 8.47. The van der Waals surface area contributed by atoms with Crippen LogP contribution in [0.2, 0.25) is 0 Å². The molecule has 0 radical (unpaired) electrons. The van der Waals surface area contributed by atoms with E-state index in [-0.39, 0.29) is 0 Å². The zero-order valence-electron chi connectivity index (χ0n) is 15.1. The van der Waals surface area contributed by atoms with E-state index in [1.807, 2.05) is 72.8 Å². The van der Waals surface area contributed by atoms with E-state index in [1.165, 1.54) is 0 Å². The van der Waals surface area contributed by atoms with Crippen LogP contribution < -0.4 is 30.1 Å². The molecule has 0 fully saturated rings. The van der Waals surface area contributed by atoms with Crippen molar-refractivity contribution in [3.8, 4) is 17.2 Å². The van der Waals surface area contributed by atoms with E-state index in [0.29, 0.717) is 17.2 Å². The number of hydrogen-bond donors (Lipinski definition) is 1. The Morgan fingerprint density at radius 1 is 0.538 bits per heavy atom. The third-order valence-corrected chi connectivity index (χ3v) is 7.62. The second kappa shape index (κ2) is 7.67. The van der Waals surface area contributed by atoms with E-state index in [2.05, 4.69) is 0 Å². The van der Waals surface area contributed by atoms with Crippen LogP contribution in [0.5, 0.6) is 17.2 Å². The lowest BCUT2D eigenvalue weighted by Gasteiger charge is -2.28. The first-order valence-electron chi connectivity index (χ1n) is 8.21. The van der Waals surface area contributed by atoms with Crippen LogP contribution in [0.4, 0.5) is 0 Å². The van der Waals surface area contributed by atoms with Crippen LogP contribution in [0.3, 0.4) is 0 Å². The summed E-state index contributed by atoms with van der Waals surface area (Å²) in [7, 11) is 2.08. The molecule has 5 heteroatoms. The lowest BCUT2D eigenvalue weighted by molar-refractivity contribution is 0.416. The molecule has 0 saturated heterocycles. The summed E-state index contributed by atoms with van der Waals surface area (Å²) in [5.74, 6) is 2.06. The first-order valence-corrected chi connectivity index (χ1v) is 10.0. The summed E-state index contributed by atoms with van der Waals surface area (Å²) in [5.41, 5.74) is 0. The van der Waals surface area contributed by atoms with Gasteiger partial charge in [0, 0.05) is 15.9 Å². The Morgan fingerprint density at radius 3 is 1.08 bits per heavy atom. The molecule has 3 aromatic rings. The van der Waals surface area contributed by atoms with E-state index < -0.39 is 7.05 Å². The third kappa shape index (κ3) is 2.97. The standard InChI is InChI=1S/C21H22NO3P/c1-23-16-10-4-7-13-19(16)26(22,20-14-8-5-11-17(20)24-2)21-15-9-6-12-18(21)25-3/h4-15,22H,1-3H3. The lowest BCUT2D eigenvalue weighted by atomic mass is 10.3. The van der Waals surface area contributed by atoms with Crippen molar-refractivity contribution in [3.05, 3.63) is 72.8 Å². The summed E-state index contributed by atoms with van der Waals surface area (Å²) in [6.07, 6.45) is 0. The zero-order chi connectivity index (χ0) is 18.6. The summed E-state index contributed by atoms with van der Waals surface area (Å²) in [5, 5.41) is 12.2. The molecule has 0 unspecified atom stereocenters. The molecule has 0 aliphatic rings. The number of methoxy groups -OCH3 is 3. The minimum absolute atomic E-state index is 0.688. The van der Waals surface area contributed by atoms with E-state index in [0.717, 1.165) is 15.9 Å². The largest absolute Gasteiger partial charge is 0.496 e. The van der Waals surface area contributed by atoms with Crippen LogP contribution in [0.15, 0.2) is 72.8 Å². The Morgan fingerprint density at radius 2 is 0.808 bits per heavy atom. The Kier molecular flexibility index (Phi) is 5.34. The van der Waals surface area contributed by atoms with Crippen LogP contribution in [0.1, 0.15) is 0 Å². The lowest BCUT2D eigenvalue weighted by Crippen LogP contribution is -2.27. The molecule has 3 rings (SSSR count). The quantitative estimate of drug-likeness (QED) is 0.675. The van der Waals surface area contributed by atoms with Crippen molar-refractivity contribution in [2.75, 3.05) is 21.3 Å². The predicted molar refractivity (Wildman–Crippen MR) is 108 cm³/mol. The van der Waals surface area contributed by atoms with Gasteiger partial charge in [-0.2, -0.15) is 0 Å². The van der Waals surface area contributed by atoms with Gasteiger partial charge in [-0.25, -0.2) is 0 Å². The smallest absolute Gasteiger partial charge is 0.128 e. The SMILES string of the molecule is COc1ccccc1P(=N)(c1ccccc1OC)c1ccccc1OC. The van der Waals surface area contributed by atoms with Gasteiger partial charge in [-0.15, -0.1) is 0 Å². The summed E-state index contributed by atoms with van der Waals surface area (Å²) in [6, 6.07) is 23.1. The van der Waals surface area contributed by atoms with Crippen molar-refractivity contribution < 1.29 is 14.2 Å². The Hall–Kier alpha value is -2.71. The summed E-state index contributed by atoms with van der Waals surface area (Å²) >= 11 is 0. The number of nitrogens with one attached hydrogen (secondary N) is 1. The van der Waals surface area contributed by atoms with Crippen molar-refractivity contribution in [1.29, 1.82) is 5.16 Å². The molecule has 134 valence electrons. The minimum atomic E-state index is -2.81. The highest BCUT2D eigenvalue weighted by molar-refractivity contribution is 7.86. The van der Waals surface area contributed by atoms with Gasteiger partial charge < -0.3 is 19.4 Å². The van der Waals surface area contributed by atoms with Crippen LogP contribution in [-0.4, -0.2) is 21.3 Å². The van der Waals surface area contributed by atoms with Gasteiger partial charge in [-0.3, -0.25) is 0 Å². The van der Waals surface area contributed by atoms with Gasteiger partial charge in [-0.05, 0) is 36.4 Å². The maximum atomic E-state index is 9.75. The summed E-state index contributed by atoms with van der Waals surface area (Å²) in [6.45, 7) is 0. The van der Waals surface area contributed by atoms with Crippen molar-refractivity contribution in [1.82, 2.24) is 0 Å². The molecule has 0 bridgehead atoms. The van der Waals surface area contributed by atoms with Gasteiger partial charge in [0.25, 0.3) is 0 Å². The fraction of sp³-hybridized carbons (Fsp3) is 0.143. The topological polar surface area (TPSA) is 51.5 Å². The van der Waals surface area contributed by atoms with Gasteiger partial charge in [0.1, 0.15) is 17.2 Å². The Balaban J connectivity index is 2.42. The maximum absolute atomic E-state index is 9.75. The molecule has 0 atom stereocenters. The average molecular weight is 367 g/mol. The second-order valence-electron chi connectivity index (χ2n) is 5.69. The van der Waals surface area contributed by atoms with Crippen LogP contribution in [0.25, 0.3) is 0 Å². The molecule has 4 nitrogen and oxygen atoms in total. The van der Waals surface area contributed by atoms with Gasteiger partial charge in [-0.1, -0.05) is 36.4 Å². The van der Waals surface area contributed by atoms with Crippen molar-refractivity contribution in [2.24, 2.45) is 0 Å². The van der Waals surface area contributed by atoms with Gasteiger partial charge in [0.05, 0.1) is 28.4 Å². The van der Waals surface area contributed by atoms with Crippen molar-refractivity contribution in [3.63, 3.8) is 0 Å². The first kappa shape index (κ1) is 18.1. The molecule has 0 aliphatic heterocycles. The van der Waals surface area contributed by atoms with Gasteiger partial charge >= 0.3 is 0 Å². The highest BCUT2D eigenvalue weighted by Gasteiger charge is 2.33. The highest BCUT2D eigenvalue weighted by atomic mass is 31.2. The minimum Gasteiger partial charge on any atom is -0.496 e. The Labute approximate surface area is 154 Å². The molecule has 3 aromatic carbocycles. The summed E-state index contributed by atoms with van der Waals surface area (Å²) < 4.78 is 16.8. The molecule has 0 spiro atoms. The fourth-order valence-corrected chi connectivity index (χ4v) is 6.31. The van der Waals surface area contributed by atoms with Crippen LogP contribution in [0, 0.1) is 5.16 Å². The van der Waals surface area contributed by atoms with Crippen molar-refractivity contribution >= 4 is 23.0 Å². The normalized spacial score (nSPS) is 11.0. The first-order chi connectivity index (χ1) is 12.7. The predicted octanol–water partition coefficient (Wildman–Crippen LogP) is 3.77. The number of rotatable bonds is 6. The number of benzene rings is 3. The van der Waals surface area contributed by atoms with Gasteiger partial charge in [0.2, 0.25) is 0 Å². The Bertz CT molecular complexity index is 833. The maximum Gasteiger partial charge on any atom is 0.128 e. The van der Waals surface area contributed by atoms with E-state index >= 15 is 0 Å². The molecular weight excluding hydrogens is 345 g/mol. The molecule has 0 heterocycles. The molecule has 0 amide bonds. The zero-order valence-corrected chi connectivity index (χ0v) is 16.0. The fourth-order valence-electron chi connectivity index (χ4n) is 3.11. The van der Waals surface area contributed by atoms with Crippen LogP contribution >= 0.6 is 7.05 Å². The third-order valence-electron chi connectivity index (χ3n) is 4.34. The average Bonchev–Trinajstić information content (AvgIpc) is 2.73. The highest BCUT2D eigenvalue weighted by Crippen LogP contribution is 2.50. The number of ether oxygens (including phenoxy) is 3. The number of para-hydroxylation sites is 3. The van der Waals surface area contributed by atoms with Crippen LogP contribution in [-0.2, 0) is 0 Å². The van der Waals surface area contributed by atoms with Gasteiger partial charge in [0.15, 0.2) is 0 Å². The molecule has 0 aliphatic carbocycles. The van der Waals surface area contributed by atoms with E-state index in [4.69, 9.17) is 14.2 Å². The monoisotopic (exact) mass is 367 g/mol. The molecule has 26 heavy (non-hydrogen) atoms. The molecular formula is C21H22NO3P. The number of hydrogen-bond acceptors (Lipinski definition) is 4.